The van der Waals surface area contributed by atoms with Gasteiger partial charge in [-0.05, 0) is 34.2 Å². The van der Waals surface area contributed by atoms with Crippen molar-refractivity contribution in [3.8, 4) is 0 Å². The van der Waals surface area contributed by atoms with E-state index in [4.69, 9.17) is 5.11 Å². The zero-order chi connectivity index (χ0) is 11.7. The Kier molecular flexibility index (Phi) is 10.1. The van der Waals surface area contributed by atoms with Crippen molar-refractivity contribution in [2.24, 2.45) is 5.73 Å². The lowest BCUT2D eigenvalue weighted by molar-refractivity contribution is -0.135. The lowest BCUT2D eigenvalue weighted by Gasteiger charge is -2.28. The Morgan fingerprint density at radius 2 is 1.57 bits per heavy atom. The van der Waals surface area contributed by atoms with Crippen molar-refractivity contribution >= 4 is 5.97 Å². The maximum absolute atomic E-state index is 9.24. The van der Waals surface area contributed by atoms with Crippen LogP contribution in [0.5, 0.6) is 0 Å². The molecule has 0 radical (unpaired) electrons. The van der Waals surface area contributed by atoms with Gasteiger partial charge in [0.05, 0.1) is 6.54 Å². The van der Waals surface area contributed by atoms with Crippen LogP contribution in [0.1, 0.15) is 34.6 Å². The van der Waals surface area contributed by atoms with Crippen LogP contribution in [0.3, 0.4) is 0 Å². The molecule has 0 saturated carbocycles. The molecule has 0 aliphatic heterocycles. The van der Waals surface area contributed by atoms with Crippen molar-refractivity contribution in [2.45, 2.75) is 46.7 Å². The summed E-state index contributed by atoms with van der Waals surface area (Å²) < 4.78 is 0. The summed E-state index contributed by atoms with van der Waals surface area (Å²) in [5.74, 6) is -0.968. The number of rotatable bonds is 4. The molecule has 4 nitrogen and oxygen atoms in total. The third-order valence-corrected chi connectivity index (χ3v) is 1.87. The minimum atomic E-state index is -0.968. The highest BCUT2D eigenvalue weighted by atomic mass is 16.4. The Labute approximate surface area is 87.1 Å². The molecular formula is C10H24N2O2. The van der Waals surface area contributed by atoms with Crippen LogP contribution >= 0.6 is 0 Å². The lowest BCUT2D eigenvalue weighted by Crippen LogP contribution is -2.36. The Morgan fingerprint density at radius 3 is 1.57 bits per heavy atom. The molecule has 0 aliphatic rings. The molecule has 0 rings (SSSR count). The fraction of sp³-hybridized carbons (Fsp3) is 0.900. The van der Waals surface area contributed by atoms with E-state index in [0.29, 0.717) is 12.1 Å². The normalized spacial score (nSPS) is 10.4. The van der Waals surface area contributed by atoms with E-state index in [2.05, 4.69) is 45.3 Å². The van der Waals surface area contributed by atoms with Crippen molar-refractivity contribution in [2.75, 3.05) is 13.1 Å². The van der Waals surface area contributed by atoms with Gasteiger partial charge in [-0.15, -0.1) is 0 Å². The first-order valence-corrected chi connectivity index (χ1v) is 5.04. The minimum Gasteiger partial charge on any atom is -0.480 e. The van der Waals surface area contributed by atoms with E-state index in [0.717, 1.165) is 6.54 Å². The molecule has 0 atom stereocenters. The Morgan fingerprint density at radius 1 is 1.29 bits per heavy atom. The fourth-order valence-corrected chi connectivity index (χ4v) is 1.33. The van der Waals surface area contributed by atoms with Gasteiger partial charge in [0.15, 0.2) is 0 Å². The van der Waals surface area contributed by atoms with Crippen molar-refractivity contribution < 1.29 is 9.90 Å². The summed E-state index contributed by atoms with van der Waals surface area (Å²) in [5.41, 5.74) is 4.57. The standard InChI is InChI=1S/C8H19N.C2H5NO2/c1-6-9(7(2)3)8(4)5;3-1-2(4)5/h7-8H,6H2,1-5H3;1,3H2,(H,4,5). The summed E-state index contributed by atoms with van der Waals surface area (Å²) in [6.07, 6.45) is 0. The van der Waals surface area contributed by atoms with E-state index in [9.17, 15) is 4.79 Å². The SMILES string of the molecule is CCN(C(C)C)C(C)C.NCC(=O)O. The molecule has 0 aliphatic carbocycles. The van der Waals surface area contributed by atoms with Gasteiger partial charge in [-0.25, -0.2) is 0 Å². The molecule has 4 heteroatoms. The second kappa shape index (κ2) is 8.97. The smallest absolute Gasteiger partial charge is 0.317 e. The van der Waals surface area contributed by atoms with E-state index >= 15 is 0 Å². The number of aliphatic carboxylic acids is 1. The molecule has 14 heavy (non-hydrogen) atoms. The molecule has 0 aromatic heterocycles. The number of nitrogens with two attached hydrogens (primary N) is 1. The summed E-state index contributed by atoms with van der Waals surface area (Å²) in [5, 5.41) is 7.60. The van der Waals surface area contributed by atoms with Gasteiger partial charge in [0.25, 0.3) is 0 Å². The van der Waals surface area contributed by atoms with Gasteiger partial charge in [-0.2, -0.15) is 0 Å². The van der Waals surface area contributed by atoms with Gasteiger partial charge < -0.3 is 10.8 Å². The summed E-state index contributed by atoms with van der Waals surface area (Å²) in [4.78, 5) is 11.7. The first-order chi connectivity index (χ1) is 6.36. The number of carboxylic acid groups (broad SMARTS) is 1. The number of hydrogen-bond donors (Lipinski definition) is 2. The predicted molar refractivity (Wildman–Crippen MR) is 59.3 cm³/mol. The third-order valence-electron chi connectivity index (χ3n) is 1.87. The number of carboxylic acids is 1. The molecule has 0 heterocycles. The van der Waals surface area contributed by atoms with E-state index in [1.807, 2.05) is 0 Å². The van der Waals surface area contributed by atoms with Crippen molar-refractivity contribution in [1.29, 1.82) is 0 Å². The molecular weight excluding hydrogens is 180 g/mol. The summed E-state index contributed by atoms with van der Waals surface area (Å²) >= 11 is 0. The summed E-state index contributed by atoms with van der Waals surface area (Å²) in [6.45, 7) is 12.1. The summed E-state index contributed by atoms with van der Waals surface area (Å²) in [6, 6.07) is 1.38. The first-order valence-electron chi connectivity index (χ1n) is 5.04. The highest BCUT2D eigenvalue weighted by molar-refractivity contribution is 5.68. The maximum atomic E-state index is 9.24. The quantitative estimate of drug-likeness (QED) is 0.721. The van der Waals surface area contributed by atoms with Crippen LogP contribution < -0.4 is 5.73 Å². The molecule has 86 valence electrons. The fourth-order valence-electron chi connectivity index (χ4n) is 1.33. The Bertz CT molecular complexity index is 139. The third kappa shape index (κ3) is 9.48. The zero-order valence-corrected chi connectivity index (χ0v) is 9.95. The molecule has 0 unspecified atom stereocenters. The highest BCUT2D eigenvalue weighted by Crippen LogP contribution is 2.02. The van der Waals surface area contributed by atoms with E-state index < -0.39 is 5.97 Å². The first kappa shape index (κ1) is 15.8. The number of hydrogen-bond acceptors (Lipinski definition) is 3. The van der Waals surface area contributed by atoms with Crippen LogP contribution in [-0.4, -0.2) is 41.1 Å². The van der Waals surface area contributed by atoms with Crippen LogP contribution in [0, 0.1) is 0 Å². The summed E-state index contributed by atoms with van der Waals surface area (Å²) in [7, 11) is 0. The van der Waals surface area contributed by atoms with Gasteiger partial charge in [-0.3, -0.25) is 9.69 Å². The van der Waals surface area contributed by atoms with Crippen LogP contribution in [-0.2, 0) is 4.79 Å². The second-order valence-electron chi connectivity index (χ2n) is 3.62. The van der Waals surface area contributed by atoms with Crippen molar-refractivity contribution in [3.63, 3.8) is 0 Å². The highest BCUT2D eigenvalue weighted by Gasteiger charge is 2.08. The van der Waals surface area contributed by atoms with E-state index in [-0.39, 0.29) is 6.54 Å². The van der Waals surface area contributed by atoms with Crippen molar-refractivity contribution in [1.82, 2.24) is 4.90 Å². The monoisotopic (exact) mass is 204 g/mol. The molecule has 0 aromatic rings. The average molecular weight is 204 g/mol. The average Bonchev–Trinajstić information content (AvgIpc) is 2.05. The number of carbonyl (C=O) groups is 1. The van der Waals surface area contributed by atoms with E-state index in [1.165, 1.54) is 0 Å². The predicted octanol–water partition coefficient (Wildman–Crippen LogP) is 1.15. The molecule has 0 fully saturated rings. The van der Waals surface area contributed by atoms with Crippen LogP contribution in [0.4, 0.5) is 0 Å². The topological polar surface area (TPSA) is 66.6 Å². The Balaban J connectivity index is 0. The molecule has 0 aromatic carbocycles. The molecule has 3 N–H and O–H groups in total. The van der Waals surface area contributed by atoms with Crippen LogP contribution in [0.25, 0.3) is 0 Å². The van der Waals surface area contributed by atoms with Crippen LogP contribution in [0.2, 0.25) is 0 Å². The van der Waals surface area contributed by atoms with Gasteiger partial charge >= 0.3 is 5.97 Å². The molecule has 0 amide bonds. The lowest BCUT2D eigenvalue weighted by atomic mass is 10.2. The largest absolute Gasteiger partial charge is 0.480 e. The van der Waals surface area contributed by atoms with Gasteiger partial charge in [0, 0.05) is 12.1 Å². The Hall–Kier alpha value is -0.610. The minimum absolute atomic E-state index is 0.278. The van der Waals surface area contributed by atoms with Gasteiger partial charge in [0.1, 0.15) is 0 Å². The van der Waals surface area contributed by atoms with Gasteiger partial charge in [0.2, 0.25) is 0 Å². The second-order valence-corrected chi connectivity index (χ2v) is 3.62. The van der Waals surface area contributed by atoms with E-state index in [1.54, 1.807) is 0 Å². The van der Waals surface area contributed by atoms with Crippen LogP contribution in [0.15, 0.2) is 0 Å². The maximum Gasteiger partial charge on any atom is 0.317 e. The molecule has 0 bridgehead atoms. The molecule has 0 spiro atoms. The number of nitrogens with zero attached hydrogens (tertiary/aromatic N) is 1. The zero-order valence-electron chi connectivity index (χ0n) is 9.95. The van der Waals surface area contributed by atoms with Gasteiger partial charge in [-0.1, -0.05) is 6.92 Å². The van der Waals surface area contributed by atoms with Crippen molar-refractivity contribution in [3.05, 3.63) is 0 Å². The molecule has 0 saturated heterocycles.